The number of nitrogens with zero attached hydrogens (tertiary/aromatic N) is 4. The van der Waals surface area contributed by atoms with Crippen LogP contribution in [0, 0.1) is 17.0 Å². The molecule has 0 atom stereocenters. The van der Waals surface area contributed by atoms with Gasteiger partial charge in [-0.05, 0) is 25.1 Å². The van der Waals surface area contributed by atoms with Gasteiger partial charge in [-0.15, -0.1) is 0 Å². The van der Waals surface area contributed by atoms with Crippen molar-refractivity contribution in [3.63, 3.8) is 0 Å². The fraction of sp³-hybridized carbons (Fsp3) is 0.286. The minimum absolute atomic E-state index is 0.164. The normalized spacial score (nSPS) is 10.8. The molecule has 156 valence electrons. The van der Waals surface area contributed by atoms with Crippen LogP contribution < -0.4 is 5.32 Å². The summed E-state index contributed by atoms with van der Waals surface area (Å²) in [5.74, 6) is 0.158. The molecule has 0 fully saturated rings. The number of fused-ring (bicyclic) bond motifs is 1. The lowest BCUT2D eigenvalue weighted by Crippen LogP contribution is -2.27. The number of para-hydroxylation sites is 1. The standard InChI is InChI=1S/C21H23N5O4/c1-14-16-6-4-5-7-17(16)24-20(23-14)13-25(2)21(27)15-8-9-18(22-10-11-30-3)19(12-15)26(28)29/h4-9,12,22H,10-11,13H2,1-3H3. The fourth-order valence-corrected chi connectivity index (χ4v) is 3.12. The summed E-state index contributed by atoms with van der Waals surface area (Å²) >= 11 is 0. The predicted octanol–water partition coefficient (Wildman–Crippen LogP) is 3.18. The first kappa shape index (κ1) is 21.1. The van der Waals surface area contributed by atoms with Gasteiger partial charge in [0.1, 0.15) is 11.5 Å². The average Bonchev–Trinajstić information content (AvgIpc) is 2.73. The molecule has 3 rings (SSSR count). The zero-order chi connectivity index (χ0) is 21.7. The van der Waals surface area contributed by atoms with E-state index in [-0.39, 0.29) is 23.7 Å². The lowest BCUT2D eigenvalue weighted by atomic mass is 10.1. The Morgan fingerprint density at radius 2 is 2.00 bits per heavy atom. The van der Waals surface area contributed by atoms with Crippen LogP contribution in [-0.2, 0) is 11.3 Å². The molecular weight excluding hydrogens is 386 g/mol. The molecule has 0 unspecified atom stereocenters. The second kappa shape index (κ2) is 9.27. The number of carbonyl (C=O) groups is 1. The molecule has 0 aliphatic carbocycles. The SMILES string of the molecule is COCCNc1ccc(C(=O)N(C)Cc2nc(C)c3ccccc3n2)cc1[N+](=O)[O-]. The van der Waals surface area contributed by atoms with Crippen molar-refractivity contribution in [3.05, 3.63) is 69.7 Å². The second-order valence-electron chi connectivity index (χ2n) is 6.81. The van der Waals surface area contributed by atoms with Gasteiger partial charge in [-0.1, -0.05) is 18.2 Å². The number of rotatable bonds is 8. The van der Waals surface area contributed by atoms with Crippen LogP contribution in [0.1, 0.15) is 21.9 Å². The maximum atomic E-state index is 12.9. The molecular formula is C21H23N5O4. The molecule has 1 heterocycles. The molecule has 1 aromatic heterocycles. The third kappa shape index (κ3) is 4.69. The van der Waals surface area contributed by atoms with Gasteiger partial charge >= 0.3 is 0 Å². The molecule has 0 bridgehead atoms. The van der Waals surface area contributed by atoms with Crippen molar-refractivity contribution < 1.29 is 14.5 Å². The Kier molecular flexibility index (Phi) is 6.53. The van der Waals surface area contributed by atoms with Crippen molar-refractivity contribution >= 4 is 28.2 Å². The zero-order valence-electron chi connectivity index (χ0n) is 17.1. The number of nitrogens with one attached hydrogen (secondary N) is 1. The first-order valence-electron chi connectivity index (χ1n) is 9.39. The summed E-state index contributed by atoms with van der Waals surface area (Å²) < 4.78 is 4.94. The van der Waals surface area contributed by atoms with Crippen LogP contribution in [-0.4, -0.2) is 53.0 Å². The number of carbonyl (C=O) groups excluding carboxylic acids is 1. The summed E-state index contributed by atoms with van der Waals surface area (Å²) in [5.41, 5.74) is 2.04. The van der Waals surface area contributed by atoms with E-state index in [0.29, 0.717) is 24.7 Å². The third-order valence-corrected chi connectivity index (χ3v) is 4.63. The number of methoxy groups -OCH3 is 1. The number of aryl methyl sites for hydroxylation is 1. The minimum atomic E-state index is -0.512. The summed E-state index contributed by atoms with van der Waals surface area (Å²) in [4.78, 5) is 34.2. The van der Waals surface area contributed by atoms with Crippen LogP contribution >= 0.6 is 0 Å². The minimum Gasteiger partial charge on any atom is -0.383 e. The van der Waals surface area contributed by atoms with E-state index in [1.54, 1.807) is 20.2 Å². The van der Waals surface area contributed by atoms with E-state index in [0.717, 1.165) is 16.6 Å². The molecule has 0 saturated heterocycles. The quantitative estimate of drug-likeness (QED) is 0.346. The topological polar surface area (TPSA) is 110 Å². The van der Waals surface area contributed by atoms with Crippen molar-refractivity contribution in [1.82, 2.24) is 14.9 Å². The number of aromatic nitrogens is 2. The maximum absolute atomic E-state index is 12.9. The fourth-order valence-electron chi connectivity index (χ4n) is 3.12. The molecule has 1 amide bonds. The highest BCUT2D eigenvalue weighted by molar-refractivity contribution is 5.95. The molecule has 2 aromatic carbocycles. The number of anilines is 1. The van der Waals surface area contributed by atoms with E-state index in [1.807, 2.05) is 31.2 Å². The van der Waals surface area contributed by atoms with Gasteiger partial charge in [-0.3, -0.25) is 14.9 Å². The highest BCUT2D eigenvalue weighted by Gasteiger charge is 2.20. The van der Waals surface area contributed by atoms with E-state index < -0.39 is 4.92 Å². The van der Waals surface area contributed by atoms with E-state index in [4.69, 9.17) is 4.74 Å². The van der Waals surface area contributed by atoms with Crippen molar-refractivity contribution in [2.45, 2.75) is 13.5 Å². The van der Waals surface area contributed by atoms with Gasteiger partial charge in [0.05, 0.1) is 23.6 Å². The van der Waals surface area contributed by atoms with Crippen molar-refractivity contribution in [1.29, 1.82) is 0 Å². The van der Waals surface area contributed by atoms with Crippen LogP contribution in [0.4, 0.5) is 11.4 Å². The van der Waals surface area contributed by atoms with Crippen LogP contribution in [0.2, 0.25) is 0 Å². The Morgan fingerprint density at radius 3 is 2.73 bits per heavy atom. The van der Waals surface area contributed by atoms with E-state index >= 15 is 0 Å². The van der Waals surface area contributed by atoms with Crippen LogP contribution in [0.3, 0.4) is 0 Å². The van der Waals surface area contributed by atoms with Crippen LogP contribution in [0.25, 0.3) is 10.9 Å². The van der Waals surface area contributed by atoms with Crippen LogP contribution in [0.15, 0.2) is 42.5 Å². The number of amides is 1. The van der Waals surface area contributed by atoms with E-state index in [1.165, 1.54) is 17.0 Å². The van der Waals surface area contributed by atoms with Gasteiger partial charge < -0.3 is 15.0 Å². The predicted molar refractivity (Wildman–Crippen MR) is 114 cm³/mol. The van der Waals surface area contributed by atoms with E-state index in [9.17, 15) is 14.9 Å². The highest BCUT2D eigenvalue weighted by Crippen LogP contribution is 2.26. The van der Waals surface area contributed by atoms with Gasteiger partial charge in [0.2, 0.25) is 0 Å². The largest absolute Gasteiger partial charge is 0.383 e. The molecule has 9 nitrogen and oxygen atoms in total. The molecule has 1 N–H and O–H groups in total. The van der Waals surface area contributed by atoms with E-state index in [2.05, 4.69) is 15.3 Å². The molecule has 0 spiro atoms. The monoisotopic (exact) mass is 409 g/mol. The van der Waals surface area contributed by atoms with Gasteiger partial charge in [-0.25, -0.2) is 9.97 Å². The lowest BCUT2D eigenvalue weighted by molar-refractivity contribution is -0.384. The average molecular weight is 409 g/mol. The highest BCUT2D eigenvalue weighted by atomic mass is 16.6. The molecule has 0 aliphatic rings. The van der Waals surface area contributed by atoms with Crippen molar-refractivity contribution in [2.24, 2.45) is 0 Å². The summed E-state index contributed by atoms with van der Waals surface area (Å²) in [5, 5.41) is 15.3. The molecule has 9 heteroatoms. The van der Waals surface area contributed by atoms with Gasteiger partial charge in [0.15, 0.2) is 0 Å². The molecule has 0 saturated carbocycles. The van der Waals surface area contributed by atoms with Crippen molar-refractivity contribution in [2.75, 3.05) is 32.6 Å². The second-order valence-corrected chi connectivity index (χ2v) is 6.81. The third-order valence-electron chi connectivity index (χ3n) is 4.63. The number of benzene rings is 2. The Bertz CT molecular complexity index is 1090. The summed E-state index contributed by atoms with van der Waals surface area (Å²) in [6, 6.07) is 12.0. The smallest absolute Gasteiger partial charge is 0.293 e. The summed E-state index contributed by atoms with van der Waals surface area (Å²) in [7, 11) is 3.17. The van der Waals surface area contributed by atoms with Crippen LogP contribution in [0.5, 0.6) is 0 Å². The Morgan fingerprint density at radius 1 is 1.23 bits per heavy atom. The number of hydrogen-bond donors (Lipinski definition) is 1. The lowest BCUT2D eigenvalue weighted by Gasteiger charge is -2.17. The van der Waals surface area contributed by atoms with Crippen molar-refractivity contribution in [3.8, 4) is 0 Å². The zero-order valence-corrected chi connectivity index (χ0v) is 17.1. The number of hydrogen-bond acceptors (Lipinski definition) is 7. The Labute approximate surface area is 173 Å². The van der Waals surface area contributed by atoms with Gasteiger partial charge in [0.25, 0.3) is 11.6 Å². The number of nitro groups is 1. The first-order valence-corrected chi connectivity index (χ1v) is 9.39. The summed E-state index contributed by atoms with van der Waals surface area (Å²) in [6.45, 7) is 2.91. The molecule has 0 radical (unpaired) electrons. The molecule has 30 heavy (non-hydrogen) atoms. The molecule has 0 aliphatic heterocycles. The number of ether oxygens (including phenoxy) is 1. The number of nitro benzene ring substituents is 1. The Balaban J connectivity index is 1.80. The Hall–Kier alpha value is -3.59. The summed E-state index contributed by atoms with van der Waals surface area (Å²) in [6.07, 6.45) is 0. The first-order chi connectivity index (χ1) is 14.4. The molecule has 3 aromatic rings. The van der Waals surface area contributed by atoms with Gasteiger partial charge in [-0.2, -0.15) is 0 Å². The maximum Gasteiger partial charge on any atom is 0.293 e. The van der Waals surface area contributed by atoms with Gasteiger partial charge in [0, 0.05) is 43.4 Å².